The number of anilines is 2. The molecular formula is C40H50N14O5. The molecule has 19 nitrogen and oxygen atoms in total. The number of primary amides is 2. The van der Waals surface area contributed by atoms with Gasteiger partial charge in [-0.3, -0.25) is 43.7 Å². The van der Waals surface area contributed by atoms with Crippen LogP contribution in [-0.4, -0.2) is 98.4 Å². The number of pyridine rings is 1. The minimum atomic E-state index is -0.665. The van der Waals surface area contributed by atoms with Crippen molar-refractivity contribution in [3.8, 4) is 5.75 Å². The molecule has 5 heterocycles. The van der Waals surface area contributed by atoms with E-state index < -0.39 is 23.6 Å². The zero-order valence-electron chi connectivity index (χ0n) is 34.2. The van der Waals surface area contributed by atoms with Gasteiger partial charge in [-0.1, -0.05) is 26.0 Å². The summed E-state index contributed by atoms with van der Waals surface area (Å²) in [6.07, 6.45) is 5.79. The van der Waals surface area contributed by atoms with Gasteiger partial charge in [0.2, 0.25) is 23.7 Å². The van der Waals surface area contributed by atoms with Gasteiger partial charge in [0, 0.05) is 44.5 Å². The number of imidazole rings is 2. The lowest BCUT2D eigenvalue weighted by Crippen LogP contribution is -2.25. The number of rotatable bonds is 19. The van der Waals surface area contributed by atoms with Gasteiger partial charge in [0.25, 0.3) is 11.8 Å². The Morgan fingerprint density at radius 1 is 0.746 bits per heavy atom. The fourth-order valence-corrected chi connectivity index (χ4v) is 6.81. The van der Waals surface area contributed by atoms with Crippen LogP contribution in [0.4, 0.5) is 11.9 Å². The second-order valence-electron chi connectivity index (χ2n) is 13.8. The van der Waals surface area contributed by atoms with Crippen LogP contribution >= 0.6 is 0 Å². The van der Waals surface area contributed by atoms with Crippen LogP contribution in [0.5, 0.6) is 5.75 Å². The fraction of sp³-hybridized carbons (Fsp3) is 0.375. The number of carbonyl (C=O) groups is 4. The van der Waals surface area contributed by atoms with Crippen LogP contribution in [0.1, 0.15) is 87.2 Å². The molecule has 0 spiro atoms. The molecular weight excluding hydrogens is 757 g/mol. The molecule has 0 atom stereocenters. The van der Waals surface area contributed by atoms with Crippen molar-refractivity contribution in [1.82, 2.24) is 48.5 Å². The first-order valence-electron chi connectivity index (χ1n) is 19.6. The first-order valence-corrected chi connectivity index (χ1v) is 19.6. The number of nitrogens with zero attached hydrogens (tertiary/aromatic N) is 10. The quantitative estimate of drug-likeness (QED) is 0.0676. The van der Waals surface area contributed by atoms with E-state index in [4.69, 9.17) is 21.2 Å². The van der Waals surface area contributed by atoms with Crippen LogP contribution in [0.3, 0.4) is 0 Å². The highest BCUT2D eigenvalue weighted by molar-refractivity contribution is 6.05. The first kappa shape index (κ1) is 41.7. The van der Waals surface area contributed by atoms with Crippen molar-refractivity contribution in [2.24, 2.45) is 11.5 Å². The summed E-state index contributed by atoms with van der Waals surface area (Å²) >= 11 is 0. The molecule has 1 aromatic carbocycles. The molecule has 5 aromatic heterocycles. The molecule has 6 aromatic rings. The Morgan fingerprint density at radius 3 is 1.85 bits per heavy atom. The normalized spacial score (nSPS) is 11.6. The second kappa shape index (κ2) is 18.1. The maximum Gasteiger partial charge on any atom is 0.276 e. The van der Waals surface area contributed by atoms with Crippen molar-refractivity contribution in [2.75, 3.05) is 36.9 Å². The Bertz CT molecular complexity index is 2560. The molecule has 59 heavy (non-hydrogen) atoms. The lowest BCUT2D eigenvalue weighted by Gasteiger charge is -2.18. The Balaban J connectivity index is 1.37. The fourth-order valence-electron chi connectivity index (χ4n) is 6.81. The molecule has 0 unspecified atom stereocenters. The summed E-state index contributed by atoms with van der Waals surface area (Å²) < 4.78 is 13.0. The zero-order chi connectivity index (χ0) is 42.4. The lowest BCUT2D eigenvalue weighted by atomic mass is 10.1. The Labute approximate surface area is 340 Å². The number of allylic oxidation sites excluding steroid dienone is 2. The highest BCUT2D eigenvalue weighted by atomic mass is 16.5. The van der Waals surface area contributed by atoms with Gasteiger partial charge in [-0.2, -0.15) is 10.2 Å². The maximum absolute atomic E-state index is 13.7. The first-order chi connectivity index (χ1) is 28.3. The molecule has 310 valence electrons. The standard InChI is InChI=1S/C40H50N14O5/c1-7-50(8-2)14-13-17-59-32-22-26(34(41)55)20-28-33(32)51(39(44-28)46-37(57)30-18-24(5)48-53(30)9-3)15-11-12-16-52-36-29(21-27(23-43-36)35(42)56)45-40(52)47-38(58)31-19-25(6)49-54(31)10-4/h11-12,18-23H,7-10,13-17H2,1-6H3,(H2,41,55)(H2,42,56)(H,44,46,57)(H,45,47,58)/b12-11+. The molecule has 0 radical (unpaired) electrons. The summed E-state index contributed by atoms with van der Waals surface area (Å²) in [5, 5.41) is 14.6. The minimum Gasteiger partial charge on any atom is -0.491 e. The average Bonchev–Trinajstić information content (AvgIpc) is 3.98. The zero-order valence-corrected chi connectivity index (χ0v) is 34.2. The molecule has 6 N–H and O–H groups in total. The molecule has 0 fully saturated rings. The van der Waals surface area contributed by atoms with Gasteiger partial charge in [0.15, 0.2) is 5.65 Å². The van der Waals surface area contributed by atoms with E-state index >= 15 is 0 Å². The average molecular weight is 807 g/mol. The van der Waals surface area contributed by atoms with Crippen molar-refractivity contribution in [3.63, 3.8) is 0 Å². The summed E-state index contributed by atoms with van der Waals surface area (Å²) in [4.78, 5) is 67.8. The maximum atomic E-state index is 13.7. The van der Waals surface area contributed by atoms with Crippen LogP contribution < -0.4 is 26.8 Å². The van der Waals surface area contributed by atoms with Gasteiger partial charge >= 0.3 is 0 Å². The van der Waals surface area contributed by atoms with Crippen LogP contribution in [0.25, 0.3) is 22.2 Å². The summed E-state index contributed by atoms with van der Waals surface area (Å²) in [5.41, 5.74) is 15.4. The molecule has 0 aliphatic heterocycles. The molecule has 6 rings (SSSR count). The molecule has 0 bridgehead atoms. The SMILES string of the molecule is CCN(CC)CCCOc1cc(C(N)=O)cc2nc(NC(=O)c3cc(C)nn3CC)n(C/C=C/Cn3c(NC(=O)c4cc(C)nn4CC)nc4cc(C(N)=O)cnc43)c12. The number of amides is 4. The summed E-state index contributed by atoms with van der Waals surface area (Å²) in [6, 6.07) is 8.07. The number of hydrogen-bond acceptors (Lipinski definition) is 11. The molecule has 4 amide bonds. The molecule has 0 aliphatic rings. The Hall–Kier alpha value is -6.89. The number of carbonyl (C=O) groups excluding carboxylic acids is 4. The van der Waals surface area contributed by atoms with Crippen molar-refractivity contribution < 1.29 is 23.9 Å². The molecule has 0 saturated heterocycles. The number of hydrogen-bond donors (Lipinski definition) is 4. The number of nitrogens with two attached hydrogens (primary N) is 2. The van der Waals surface area contributed by atoms with Crippen molar-refractivity contribution in [3.05, 3.63) is 82.6 Å². The summed E-state index contributed by atoms with van der Waals surface area (Å²) in [7, 11) is 0. The van der Waals surface area contributed by atoms with Crippen LogP contribution in [0.2, 0.25) is 0 Å². The van der Waals surface area contributed by atoms with E-state index in [0.29, 0.717) is 70.4 Å². The second-order valence-corrected chi connectivity index (χ2v) is 13.8. The Morgan fingerprint density at radius 2 is 1.29 bits per heavy atom. The number of aryl methyl sites for hydroxylation is 4. The number of benzene rings is 1. The highest BCUT2D eigenvalue weighted by Gasteiger charge is 2.23. The van der Waals surface area contributed by atoms with E-state index in [0.717, 1.165) is 26.1 Å². The third-order valence-electron chi connectivity index (χ3n) is 9.79. The third-order valence-corrected chi connectivity index (χ3v) is 9.79. The van der Waals surface area contributed by atoms with Crippen molar-refractivity contribution in [1.29, 1.82) is 0 Å². The lowest BCUT2D eigenvalue weighted by molar-refractivity contribution is 0.0991. The van der Waals surface area contributed by atoms with Crippen LogP contribution in [0.15, 0.2) is 48.7 Å². The van der Waals surface area contributed by atoms with Gasteiger partial charge in [-0.15, -0.1) is 0 Å². The van der Waals surface area contributed by atoms with Crippen molar-refractivity contribution >= 4 is 57.7 Å². The van der Waals surface area contributed by atoms with E-state index in [1.165, 1.54) is 12.3 Å². The van der Waals surface area contributed by atoms with E-state index in [2.05, 4.69) is 49.5 Å². The monoisotopic (exact) mass is 806 g/mol. The van der Waals surface area contributed by atoms with E-state index in [-0.39, 0.29) is 36.1 Å². The van der Waals surface area contributed by atoms with Crippen LogP contribution in [-0.2, 0) is 26.2 Å². The smallest absolute Gasteiger partial charge is 0.276 e. The number of aromatic nitrogens is 9. The minimum absolute atomic E-state index is 0.166. The largest absolute Gasteiger partial charge is 0.491 e. The third kappa shape index (κ3) is 9.14. The van der Waals surface area contributed by atoms with Gasteiger partial charge in [0.1, 0.15) is 28.2 Å². The topological polar surface area (TPSA) is 241 Å². The van der Waals surface area contributed by atoms with Gasteiger partial charge in [-0.25, -0.2) is 15.0 Å². The molecule has 19 heteroatoms. The molecule has 0 aliphatic carbocycles. The predicted octanol–water partition coefficient (Wildman–Crippen LogP) is 3.90. The summed E-state index contributed by atoms with van der Waals surface area (Å²) in [6.45, 7) is 16.0. The van der Waals surface area contributed by atoms with Gasteiger partial charge < -0.3 is 25.7 Å². The molecule has 0 saturated carbocycles. The number of fused-ring (bicyclic) bond motifs is 2. The summed E-state index contributed by atoms with van der Waals surface area (Å²) in [5.74, 6) is -1.38. The van der Waals surface area contributed by atoms with Gasteiger partial charge in [0.05, 0.1) is 29.1 Å². The van der Waals surface area contributed by atoms with E-state index in [1.54, 1.807) is 49.7 Å². The predicted molar refractivity (Wildman–Crippen MR) is 223 cm³/mol. The highest BCUT2D eigenvalue weighted by Crippen LogP contribution is 2.32. The van der Waals surface area contributed by atoms with Crippen LogP contribution in [0, 0.1) is 13.8 Å². The Kier molecular flexibility index (Phi) is 12.8. The van der Waals surface area contributed by atoms with Crippen molar-refractivity contribution in [2.45, 2.75) is 74.1 Å². The van der Waals surface area contributed by atoms with E-state index in [9.17, 15) is 19.2 Å². The van der Waals surface area contributed by atoms with Gasteiger partial charge in [-0.05, 0) is 77.5 Å². The number of nitrogens with one attached hydrogen (secondary N) is 2. The van der Waals surface area contributed by atoms with E-state index in [1.807, 2.05) is 32.9 Å². The number of ether oxygens (including phenoxy) is 1.